The van der Waals surface area contributed by atoms with Gasteiger partial charge in [-0.2, -0.15) is 17.5 Å². The van der Waals surface area contributed by atoms with Crippen molar-refractivity contribution in [1.82, 2.24) is 18.8 Å². The van der Waals surface area contributed by atoms with Gasteiger partial charge in [0.1, 0.15) is 0 Å². The van der Waals surface area contributed by atoms with Gasteiger partial charge in [-0.1, -0.05) is 12.1 Å². The van der Waals surface area contributed by atoms with Crippen LogP contribution in [0.5, 0.6) is 0 Å². The fraction of sp³-hybridized carbons (Fsp3) is 0.591. The molecule has 0 bridgehead atoms. The molecule has 0 radical (unpaired) electrons. The van der Waals surface area contributed by atoms with Crippen LogP contribution in [0.2, 0.25) is 0 Å². The van der Waals surface area contributed by atoms with Crippen LogP contribution in [-0.4, -0.2) is 70.2 Å². The summed E-state index contributed by atoms with van der Waals surface area (Å²) in [7, 11) is -3.87. The summed E-state index contributed by atoms with van der Waals surface area (Å²) in [5.41, 5.74) is -3.45. The predicted octanol–water partition coefficient (Wildman–Crippen LogP) is 3.14. The van der Waals surface area contributed by atoms with Crippen LogP contribution in [-0.2, 0) is 15.6 Å². The minimum Gasteiger partial charge on any atom is -0.376 e. The molecule has 2 unspecified atom stereocenters. The number of hydrogen-bond donors (Lipinski definition) is 1. The van der Waals surface area contributed by atoms with Crippen LogP contribution >= 0.6 is 0 Å². The molecule has 33 heavy (non-hydrogen) atoms. The van der Waals surface area contributed by atoms with E-state index in [4.69, 9.17) is 0 Å². The van der Waals surface area contributed by atoms with E-state index in [2.05, 4.69) is 14.5 Å². The van der Waals surface area contributed by atoms with Gasteiger partial charge in [0, 0.05) is 50.2 Å². The normalized spacial score (nSPS) is 27.5. The van der Waals surface area contributed by atoms with Crippen LogP contribution in [0.1, 0.15) is 44.7 Å². The smallest absolute Gasteiger partial charge is 0.376 e. The number of hydrogen-bond acceptors (Lipinski definition) is 5. The van der Waals surface area contributed by atoms with E-state index in [-0.39, 0.29) is 10.9 Å². The fourth-order valence-corrected chi connectivity index (χ4v) is 6.54. The Kier molecular flexibility index (Phi) is 6.36. The number of imidazole rings is 1. The van der Waals surface area contributed by atoms with Gasteiger partial charge in [0.2, 0.25) is 10.0 Å². The van der Waals surface area contributed by atoms with Crippen LogP contribution in [0, 0.1) is 0 Å². The van der Waals surface area contributed by atoms with Gasteiger partial charge < -0.3 is 9.67 Å². The molecule has 0 amide bonds. The monoisotopic (exact) mass is 486 g/mol. The summed E-state index contributed by atoms with van der Waals surface area (Å²) in [5, 5.41) is 9.82. The number of nitrogens with zero attached hydrogens (tertiary/aromatic N) is 4. The molecule has 2 fully saturated rings. The third-order valence-electron chi connectivity index (χ3n) is 7.01. The van der Waals surface area contributed by atoms with E-state index in [1.165, 1.54) is 4.31 Å². The Bertz CT molecular complexity index is 1060. The molecule has 1 aromatic carbocycles. The van der Waals surface area contributed by atoms with Crippen LogP contribution in [0.4, 0.5) is 13.2 Å². The summed E-state index contributed by atoms with van der Waals surface area (Å²) in [5.74, 6) is 0. The zero-order chi connectivity index (χ0) is 24.0. The lowest BCUT2D eigenvalue weighted by atomic mass is 9.96. The Hall–Kier alpha value is -1.95. The highest BCUT2D eigenvalue weighted by atomic mass is 32.2. The van der Waals surface area contributed by atoms with Gasteiger partial charge in [-0.3, -0.25) is 4.90 Å². The molecule has 2 aliphatic rings. The third kappa shape index (κ3) is 4.55. The van der Waals surface area contributed by atoms with Crippen LogP contribution in [0.15, 0.2) is 47.9 Å². The molecular weight excluding hydrogens is 457 g/mol. The van der Waals surface area contributed by atoms with Crippen LogP contribution in [0.25, 0.3) is 0 Å². The number of halogens is 3. The number of alkyl halides is 3. The lowest BCUT2D eigenvalue weighted by molar-refractivity contribution is -0.258. The van der Waals surface area contributed by atoms with Crippen molar-refractivity contribution in [2.24, 2.45) is 0 Å². The second kappa shape index (κ2) is 8.68. The SMILES string of the molecule is C[C@@H]1CN(C2CC[C@@H](n3ccnc3)C2)CCN1S(=O)(=O)c1ccc(C(C)(O)C(F)(F)F)cc1. The van der Waals surface area contributed by atoms with Gasteiger partial charge in [-0.25, -0.2) is 13.4 Å². The van der Waals surface area contributed by atoms with Gasteiger partial charge in [0.15, 0.2) is 5.60 Å². The summed E-state index contributed by atoms with van der Waals surface area (Å²) in [6.07, 6.45) is 3.81. The van der Waals surface area contributed by atoms with Gasteiger partial charge in [0.25, 0.3) is 0 Å². The van der Waals surface area contributed by atoms with Crippen LogP contribution < -0.4 is 0 Å². The van der Waals surface area contributed by atoms with Crippen molar-refractivity contribution in [2.75, 3.05) is 19.6 Å². The van der Waals surface area contributed by atoms with Crippen molar-refractivity contribution in [1.29, 1.82) is 0 Å². The molecule has 7 nitrogen and oxygen atoms in total. The minimum atomic E-state index is -4.87. The minimum absolute atomic E-state index is 0.0782. The van der Waals surface area contributed by atoms with E-state index in [9.17, 15) is 26.7 Å². The molecule has 1 aromatic heterocycles. The van der Waals surface area contributed by atoms with Crippen molar-refractivity contribution >= 4 is 10.0 Å². The number of aliphatic hydroxyl groups is 1. The average Bonchev–Trinajstić information content (AvgIpc) is 3.44. The quantitative estimate of drug-likeness (QED) is 0.703. The molecule has 1 saturated carbocycles. The van der Waals surface area contributed by atoms with Crippen LogP contribution in [0.3, 0.4) is 0 Å². The van der Waals surface area contributed by atoms with E-state index in [1.807, 2.05) is 19.4 Å². The fourth-order valence-electron chi connectivity index (χ4n) is 4.93. The second-order valence-corrected chi connectivity index (χ2v) is 11.1. The average molecular weight is 487 g/mol. The van der Waals surface area contributed by atoms with Crippen molar-refractivity contribution in [3.63, 3.8) is 0 Å². The summed E-state index contributed by atoms with van der Waals surface area (Å²) in [6.45, 7) is 4.03. The molecule has 1 N–H and O–H groups in total. The molecule has 0 spiro atoms. The van der Waals surface area contributed by atoms with Gasteiger partial charge in [0.05, 0.1) is 11.2 Å². The Labute approximate surface area is 191 Å². The number of piperazine rings is 1. The van der Waals surface area contributed by atoms with Gasteiger partial charge in [-0.15, -0.1) is 0 Å². The molecule has 4 atom stereocenters. The summed E-state index contributed by atoms with van der Waals surface area (Å²) in [6, 6.07) is 4.84. The Morgan fingerprint density at radius 2 is 1.76 bits per heavy atom. The first-order valence-corrected chi connectivity index (χ1v) is 12.5. The Morgan fingerprint density at radius 3 is 2.33 bits per heavy atom. The highest BCUT2D eigenvalue weighted by molar-refractivity contribution is 7.89. The highest BCUT2D eigenvalue weighted by Gasteiger charge is 2.51. The molecule has 4 rings (SSSR count). The lowest BCUT2D eigenvalue weighted by Crippen LogP contribution is -2.56. The molecule has 2 aromatic rings. The van der Waals surface area contributed by atoms with Crippen molar-refractivity contribution in [2.45, 2.75) is 67.9 Å². The van der Waals surface area contributed by atoms with E-state index < -0.39 is 27.4 Å². The first-order chi connectivity index (χ1) is 15.4. The summed E-state index contributed by atoms with van der Waals surface area (Å²) < 4.78 is 69.2. The number of benzene rings is 1. The maximum atomic E-state index is 13.2. The maximum absolute atomic E-state index is 13.2. The molecule has 1 aliphatic heterocycles. The number of sulfonamides is 1. The molecular formula is C22H29F3N4O3S. The maximum Gasteiger partial charge on any atom is 0.421 e. The number of aromatic nitrogens is 2. The predicted molar refractivity (Wildman–Crippen MR) is 116 cm³/mol. The van der Waals surface area contributed by atoms with Gasteiger partial charge in [-0.05, 0) is 50.8 Å². The topological polar surface area (TPSA) is 78.7 Å². The third-order valence-corrected chi connectivity index (χ3v) is 9.04. The highest BCUT2D eigenvalue weighted by Crippen LogP contribution is 2.39. The van der Waals surface area contributed by atoms with Crippen molar-refractivity contribution in [3.8, 4) is 0 Å². The first-order valence-electron chi connectivity index (χ1n) is 11.0. The molecule has 1 saturated heterocycles. The van der Waals surface area contributed by atoms with E-state index in [1.54, 1.807) is 6.20 Å². The van der Waals surface area contributed by atoms with Crippen molar-refractivity contribution < 1.29 is 26.7 Å². The molecule has 11 heteroatoms. The zero-order valence-electron chi connectivity index (χ0n) is 18.6. The second-order valence-electron chi connectivity index (χ2n) is 9.18. The largest absolute Gasteiger partial charge is 0.421 e. The standard InChI is InChI=1S/C22H29F3N4O3S/c1-16-14-27(18-5-6-19(13-18)28-10-9-26-15-28)11-12-29(16)33(31,32)20-7-3-17(4-8-20)21(2,30)22(23,24)25/h3-4,7-10,15-16,18-19,30H,5-6,11-14H2,1-2H3/t16-,18?,19-,21?/m1/s1. The zero-order valence-corrected chi connectivity index (χ0v) is 19.4. The van der Waals surface area contributed by atoms with E-state index >= 15 is 0 Å². The van der Waals surface area contributed by atoms with E-state index in [0.29, 0.717) is 38.6 Å². The Balaban J connectivity index is 1.43. The summed E-state index contributed by atoms with van der Waals surface area (Å²) >= 11 is 0. The van der Waals surface area contributed by atoms with Gasteiger partial charge >= 0.3 is 6.18 Å². The Morgan fingerprint density at radius 1 is 1.09 bits per heavy atom. The molecule has 182 valence electrons. The number of rotatable bonds is 5. The van der Waals surface area contributed by atoms with Crippen molar-refractivity contribution in [3.05, 3.63) is 48.5 Å². The van der Waals surface area contributed by atoms with E-state index in [0.717, 1.165) is 43.5 Å². The molecule has 1 aliphatic carbocycles. The molecule has 2 heterocycles. The first kappa shape index (κ1) is 24.2. The lowest BCUT2D eigenvalue weighted by Gasteiger charge is -2.41. The summed E-state index contributed by atoms with van der Waals surface area (Å²) in [4.78, 5) is 6.39.